The highest BCUT2D eigenvalue weighted by atomic mass is 16.2. The van der Waals surface area contributed by atoms with Gasteiger partial charge in [-0.3, -0.25) is 9.59 Å². The van der Waals surface area contributed by atoms with Gasteiger partial charge in [0.05, 0.1) is 5.92 Å². The van der Waals surface area contributed by atoms with Crippen molar-refractivity contribution in [1.82, 2.24) is 9.80 Å². The second-order valence-corrected chi connectivity index (χ2v) is 9.21. The molecule has 3 fully saturated rings. The van der Waals surface area contributed by atoms with Gasteiger partial charge in [-0.05, 0) is 49.0 Å². The van der Waals surface area contributed by atoms with Crippen molar-refractivity contribution in [3.8, 4) is 0 Å². The van der Waals surface area contributed by atoms with Gasteiger partial charge in [0.15, 0.2) is 0 Å². The first-order valence-electron chi connectivity index (χ1n) is 10.6. The van der Waals surface area contributed by atoms with Gasteiger partial charge in [0.25, 0.3) is 0 Å². The minimum atomic E-state index is -0.0591. The maximum atomic E-state index is 13.3. The molecule has 3 aliphatic rings. The molecule has 0 unspecified atom stereocenters. The number of benzene rings is 1. The van der Waals surface area contributed by atoms with Gasteiger partial charge in [0.1, 0.15) is 0 Å². The molecule has 2 saturated heterocycles. The molecule has 1 spiro atoms. The zero-order chi connectivity index (χ0) is 19.0. The van der Waals surface area contributed by atoms with Gasteiger partial charge in [-0.15, -0.1) is 0 Å². The van der Waals surface area contributed by atoms with Crippen molar-refractivity contribution < 1.29 is 9.59 Å². The second kappa shape index (κ2) is 7.29. The summed E-state index contributed by atoms with van der Waals surface area (Å²) < 4.78 is 0. The molecule has 1 aromatic rings. The van der Waals surface area contributed by atoms with Crippen LogP contribution < -0.4 is 0 Å². The third-order valence-electron chi connectivity index (χ3n) is 6.91. The molecule has 2 heterocycles. The fourth-order valence-electron chi connectivity index (χ4n) is 5.04. The Morgan fingerprint density at radius 3 is 2.33 bits per heavy atom. The van der Waals surface area contributed by atoms with E-state index in [9.17, 15) is 9.59 Å². The van der Waals surface area contributed by atoms with Crippen molar-refractivity contribution in [2.45, 2.75) is 64.3 Å². The van der Waals surface area contributed by atoms with Crippen LogP contribution in [0.3, 0.4) is 0 Å². The number of carbonyl (C=O) groups excluding carboxylic acids is 2. The maximum absolute atomic E-state index is 13.3. The number of carbonyl (C=O) groups is 2. The first-order chi connectivity index (χ1) is 13.0. The Hall–Kier alpha value is -1.84. The molecule has 1 aliphatic carbocycles. The number of amides is 2. The van der Waals surface area contributed by atoms with E-state index >= 15 is 0 Å². The Kier molecular flexibility index (Phi) is 5.00. The van der Waals surface area contributed by atoms with E-state index in [-0.39, 0.29) is 23.2 Å². The number of hydrogen-bond donors (Lipinski definition) is 0. The molecule has 0 N–H and O–H groups in total. The molecule has 27 heavy (non-hydrogen) atoms. The van der Waals surface area contributed by atoms with Crippen LogP contribution in [0, 0.1) is 11.3 Å². The highest BCUT2D eigenvalue weighted by Gasteiger charge is 2.46. The molecule has 2 amide bonds. The molecular weight excluding hydrogens is 336 g/mol. The topological polar surface area (TPSA) is 40.6 Å². The van der Waals surface area contributed by atoms with Gasteiger partial charge in [-0.1, -0.05) is 44.2 Å². The fraction of sp³-hybridized carbons (Fsp3) is 0.652. The molecule has 4 nitrogen and oxygen atoms in total. The van der Waals surface area contributed by atoms with Crippen molar-refractivity contribution in [3.05, 3.63) is 35.9 Å². The van der Waals surface area contributed by atoms with E-state index in [1.807, 2.05) is 18.2 Å². The highest BCUT2D eigenvalue weighted by Crippen LogP contribution is 2.44. The average molecular weight is 369 g/mol. The summed E-state index contributed by atoms with van der Waals surface area (Å²) in [6.45, 7) is 6.87. The van der Waals surface area contributed by atoms with Crippen LogP contribution in [0.25, 0.3) is 0 Å². The van der Waals surface area contributed by atoms with Crippen LogP contribution in [0.1, 0.15) is 63.9 Å². The van der Waals surface area contributed by atoms with E-state index in [1.54, 1.807) is 0 Å². The molecule has 4 rings (SSSR count). The first kappa shape index (κ1) is 18.5. The molecule has 1 aromatic carbocycles. The van der Waals surface area contributed by atoms with Crippen LogP contribution in [-0.4, -0.2) is 47.3 Å². The first-order valence-corrected chi connectivity index (χ1v) is 10.6. The lowest BCUT2D eigenvalue weighted by Gasteiger charge is -2.48. The van der Waals surface area contributed by atoms with Crippen LogP contribution >= 0.6 is 0 Å². The van der Waals surface area contributed by atoms with Crippen LogP contribution in [0.2, 0.25) is 0 Å². The second-order valence-electron chi connectivity index (χ2n) is 9.21. The lowest BCUT2D eigenvalue weighted by Crippen LogP contribution is -2.53. The van der Waals surface area contributed by atoms with E-state index in [4.69, 9.17) is 0 Å². The highest BCUT2D eigenvalue weighted by molar-refractivity contribution is 5.84. The van der Waals surface area contributed by atoms with E-state index < -0.39 is 0 Å². The summed E-state index contributed by atoms with van der Waals surface area (Å²) in [7, 11) is 0. The van der Waals surface area contributed by atoms with Crippen molar-refractivity contribution in [2.24, 2.45) is 11.3 Å². The Labute approximate surface area is 162 Å². The summed E-state index contributed by atoms with van der Waals surface area (Å²) in [4.78, 5) is 29.8. The monoisotopic (exact) mass is 368 g/mol. The van der Waals surface area contributed by atoms with Crippen molar-refractivity contribution in [2.75, 3.05) is 19.6 Å². The Bertz CT molecular complexity index is 688. The minimum absolute atomic E-state index is 0.0591. The van der Waals surface area contributed by atoms with Gasteiger partial charge in [0, 0.05) is 32.1 Å². The molecule has 146 valence electrons. The predicted octanol–water partition coefficient (Wildman–Crippen LogP) is 3.82. The molecular formula is C23H32N2O2. The summed E-state index contributed by atoms with van der Waals surface area (Å²) >= 11 is 0. The Morgan fingerprint density at radius 1 is 1.07 bits per heavy atom. The van der Waals surface area contributed by atoms with Crippen LogP contribution in [-0.2, 0) is 9.59 Å². The van der Waals surface area contributed by atoms with Crippen molar-refractivity contribution in [3.63, 3.8) is 0 Å². The van der Waals surface area contributed by atoms with Gasteiger partial charge in [0.2, 0.25) is 11.8 Å². The third kappa shape index (κ3) is 3.76. The Morgan fingerprint density at radius 2 is 1.74 bits per heavy atom. The molecule has 4 heteroatoms. The SMILES string of the molecule is CC(C)[C@H](C(=O)N1CCC2(CCC(=O)N(C3CC3)C2)CC1)c1ccccc1. The van der Waals surface area contributed by atoms with E-state index in [2.05, 4.69) is 35.8 Å². The van der Waals surface area contributed by atoms with Gasteiger partial charge in [-0.25, -0.2) is 0 Å². The molecule has 0 aromatic heterocycles. The summed E-state index contributed by atoms with van der Waals surface area (Å²) in [6, 6.07) is 10.7. The van der Waals surface area contributed by atoms with Gasteiger partial charge < -0.3 is 9.80 Å². The normalized spacial score (nSPS) is 23.7. The van der Waals surface area contributed by atoms with Crippen LogP contribution in [0.5, 0.6) is 0 Å². The van der Waals surface area contributed by atoms with Crippen molar-refractivity contribution >= 4 is 11.8 Å². The summed E-state index contributed by atoms with van der Waals surface area (Å²) in [5.74, 6) is 0.854. The van der Waals surface area contributed by atoms with Crippen LogP contribution in [0.4, 0.5) is 0 Å². The predicted molar refractivity (Wildman–Crippen MR) is 106 cm³/mol. The van der Waals surface area contributed by atoms with Gasteiger partial charge >= 0.3 is 0 Å². The van der Waals surface area contributed by atoms with Crippen LogP contribution in [0.15, 0.2) is 30.3 Å². The Balaban J connectivity index is 1.42. The quantitative estimate of drug-likeness (QED) is 0.811. The lowest BCUT2D eigenvalue weighted by atomic mass is 9.72. The minimum Gasteiger partial charge on any atom is -0.342 e. The fourth-order valence-corrected chi connectivity index (χ4v) is 5.04. The number of likely N-dealkylation sites (tertiary alicyclic amines) is 2. The molecule has 1 saturated carbocycles. The largest absolute Gasteiger partial charge is 0.342 e. The smallest absolute Gasteiger partial charge is 0.230 e. The zero-order valence-corrected chi connectivity index (χ0v) is 16.7. The average Bonchev–Trinajstić information content (AvgIpc) is 3.50. The van der Waals surface area contributed by atoms with E-state index in [0.29, 0.717) is 18.4 Å². The van der Waals surface area contributed by atoms with Crippen molar-refractivity contribution in [1.29, 1.82) is 0 Å². The molecule has 1 atom stereocenters. The standard InChI is InChI=1S/C23H32N2O2/c1-17(2)21(18-6-4-3-5-7-18)22(27)24-14-12-23(13-15-24)11-10-20(26)25(16-23)19-8-9-19/h3-7,17,19,21H,8-16H2,1-2H3/t21-/m0/s1. The summed E-state index contributed by atoms with van der Waals surface area (Å²) in [5.41, 5.74) is 1.37. The molecule has 0 bridgehead atoms. The number of piperidine rings is 2. The van der Waals surface area contributed by atoms with E-state index in [1.165, 1.54) is 12.8 Å². The number of hydrogen-bond acceptors (Lipinski definition) is 2. The summed E-state index contributed by atoms with van der Waals surface area (Å²) in [5, 5.41) is 0. The maximum Gasteiger partial charge on any atom is 0.230 e. The molecule has 2 aliphatic heterocycles. The van der Waals surface area contributed by atoms with E-state index in [0.717, 1.165) is 44.5 Å². The number of nitrogens with zero attached hydrogens (tertiary/aromatic N) is 2. The van der Waals surface area contributed by atoms with Gasteiger partial charge in [-0.2, -0.15) is 0 Å². The molecule has 0 radical (unpaired) electrons. The third-order valence-corrected chi connectivity index (χ3v) is 6.91. The zero-order valence-electron chi connectivity index (χ0n) is 16.7. The lowest BCUT2D eigenvalue weighted by molar-refractivity contribution is -0.144. The summed E-state index contributed by atoms with van der Waals surface area (Å²) in [6.07, 6.45) is 6.13. The number of rotatable bonds is 4.